The summed E-state index contributed by atoms with van der Waals surface area (Å²) >= 11 is 0. The molecule has 0 aliphatic heterocycles. The number of urea groups is 1. The maximum absolute atomic E-state index is 13.1. The zero-order valence-corrected chi connectivity index (χ0v) is 19.7. The molecule has 1 aliphatic carbocycles. The van der Waals surface area contributed by atoms with Gasteiger partial charge in [-0.1, -0.05) is 25.0 Å². The quantitative estimate of drug-likeness (QED) is 0.506. The van der Waals surface area contributed by atoms with E-state index in [4.69, 9.17) is 10.00 Å². The molecule has 34 heavy (non-hydrogen) atoms. The Labute approximate surface area is 199 Å². The number of fused-ring (bicyclic) bond motifs is 1. The molecule has 1 fully saturated rings. The second kappa shape index (κ2) is 10.4. The molecule has 7 nitrogen and oxygen atoms in total. The molecule has 0 saturated heterocycles. The number of amides is 2. The number of esters is 1. The fourth-order valence-electron chi connectivity index (χ4n) is 4.68. The van der Waals surface area contributed by atoms with Gasteiger partial charge in [0.25, 0.3) is 0 Å². The third kappa shape index (κ3) is 5.23. The molecular weight excluding hydrogens is 428 g/mol. The minimum Gasteiger partial charge on any atom is -0.465 e. The molecule has 0 bridgehead atoms. The summed E-state index contributed by atoms with van der Waals surface area (Å²) in [5.74, 6) is -0.379. The number of benzene rings is 2. The van der Waals surface area contributed by atoms with Gasteiger partial charge in [-0.2, -0.15) is 5.26 Å². The molecule has 7 heteroatoms. The minimum absolute atomic E-state index is 0.0351. The lowest BCUT2D eigenvalue weighted by molar-refractivity contribution is -0.144. The monoisotopic (exact) mass is 458 g/mol. The van der Waals surface area contributed by atoms with Crippen molar-refractivity contribution in [2.45, 2.75) is 45.1 Å². The first-order chi connectivity index (χ1) is 16.5. The Balaban J connectivity index is 1.51. The summed E-state index contributed by atoms with van der Waals surface area (Å²) in [5, 5.41) is 13.0. The predicted octanol–water partition coefficient (Wildman–Crippen LogP) is 4.98. The van der Waals surface area contributed by atoms with Crippen molar-refractivity contribution in [3.8, 4) is 6.07 Å². The van der Waals surface area contributed by atoms with Crippen molar-refractivity contribution in [1.82, 2.24) is 9.47 Å². The fourth-order valence-corrected chi connectivity index (χ4v) is 4.68. The Hall–Kier alpha value is -3.79. The highest BCUT2D eigenvalue weighted by molar-refractivity contribution is 5.94. The van der Waals surface area contributed by atoms with Gasteiger partial charge < -0.3 is 19.5 Å². The van der Waals surface area contributed by atoms with Gasteiger partial charge in [-0.15, -0.1) is 0 Å². The summed E-state index contributed by atoms with van der Waals surface area (Å²) < 4.78 is 7.23. The van der Waals surface area contributed by atoms with Crippen molar-refractivity contribution in [3.05, 3.63) is 65.4 Å². The lowest BCUT2D eigenvalue weighted by Gasteiger charge is -2.28. The number of carbonyl (C=O) groups excluding carboxylic acids is 2. The molecular formula is C27H30N4O3. The first-order valence-corrected chi connectivity index (χ1v) is 11.8. The first kappa shape index (κ1) is 23.4. The number of carbonyl (C=O) groups is 2. The molecule has 0 radical (unpaired) electrons. The zero-order valence-electron chi connectivity index (χ0n) is 19.7. The van der Waals surface area contributed by atoms with Crippen molar-refractivity contribution in [1.29, 1.82) is 5.26 Å². The molecule has 0 unspecified atom stereocenters. The van der Waals surface area contributed by atoms with E-state index in [1.54, 1.807) is 11.8 Å². The molecule has 0 spiro atoms. The molecule has 1 saturated carbocycles. The lowest BCUT2D eigenvalue weighted by atomic mass is 10.1. The van der Waals surface area contributed by atoms with Gasteiger partial charge in [-0.3, -0.25) is 4.79 Å². The van der Waals surface area contributed by atoms with Crippen LogP contribution in [0.15, 0.2) is 48.5 Å². The molecule has 0 atom stereocenters. The number of hydrogen-bond donors (Lipinski definition) is 1. The topological polar surface area (TPSA) is 87.4 Å². The van der Waals surface area contributed by atoms with Crippen molar-refractivity contribution >= 4 is 28.6 Å². The minimum atomic E-state index is -0.379. The van der Waals surface area contributed by atoms with Gasteiger partial charge in [0.2, 0.25) is 0 Å². The maximum atomic E-state index is 13.1. The van der Waals surface area contributed by atoms with Crippen LogP contribution in [-0.4, -0.2) is 40.7 Å². The van der Waals surface area contributed by atoms with E-state index < -0.39 is 0 Å². The van der Waals surface area contributed by atoms with Crippen LogP contribution < -0.4 is 5.32 Å². The average Bonchev–Trinajstić information content (AvgIpc) is 3.47. The standard InChI is InChI=1S/C27H30N4O3/c1-3-34-26(32)18-31(23-6-4-5-7-23)27(33)29-22-12-13-25-21(15-22)16-24(30(25)2)14-19-8-10-20(17-28)11-9-19/h8-13,15-16,23H,3-7,14,18H2,1-2H3,(H,29,33). The van der Waals surface area contributed by atoms with Crippen LogP contribution in [0.3, 0.4) is 0 Å². The first-order valence-electron chi connectivity index (χ1n) is 11.8. The van der Waals surface area contributed by atoms with E-state index in [9.17, 15) is 9.59 Å². The van der Waals surface area contributed by atoms with Gasteiger partial charge in [-0.25, -0.2) is 4.79 Å². The number of rotatable bonds is 7. The molecule has 1 aromatic heterocycles. The second-order valence-electron chi connectivity index (χ2n) is 8.76. The molecule has 2 aromatic carbocycles. The van der Waals surface area contributed by atoms with Crippen molar-refractivity contribution in [2.75, 3.05) is 18.5 Å². The van der Waals surface area contributed by atoms with Crippen LogP contribution in [0, 0.1) is 11.3 Å². The van der Waals surface area contributed by atoms with Crippen LogP contribution in [0.5, 0.6) is 0 Å². The third-order valence-corrected chi connectivity index (χ3v) is 6.49. The highest BCUT2D eigenvalue weighted by Gasteiger charge is 2.29. The van der Waals surface area contributed by atoms with E-state index in [1.807, 2.05) is 49.5 Å². The Kier molecular flexibility index (Phi) is 7.17. The summed E-state index contributed by atoms with van der Waals surface area (Å²) in [6.07, 6.45) is 4.69. The van der Waals surface area contributed by atoms with E-state index >= 15 is 0 Å². The number of nitrogens with zero attached hydrogens (tertiary/aromatic N) is 3. The fraction of sp³-hybridized carbons (Fsp3) is 0.370. The Bertz CT molecular complexity index is 1220. The summed E-state index contributed by atoms with van der Waals surface area (Å²) in [6, 6.07) is 17.5. The number of aromatic nitrogens is 1. The van der Waals surface area contributed by atoms with Crippen molar-refractivity contribution in [2.24, 2.45) is 7.05 Å². The van der Waals surface area contributed by atoms with Gasteiger partial charge >= 0.3 is 12.0 Å². The Morgan fingerprint density at radius 1 is 1.15 bits per heavy atom. The molecule has 1 heterocycles. The van der Waals surface area contributed by atoms with E-state index in [0.717, 1.165) is 54.3 Å². The van der Waals surface area contributed by atoms with Crippen LogP contribution >= 0.6 is 0 Å². The highest BCUT2D eigenvalue weighted by Crippen LogP contribution is 2.27. The van der Waals surface area contributed by atoms with Crippen molar-refractivity contribution in [3.63, 3.8) is 0 Å². The number of nitriles is 1. The van der Waals surface area contributed by atoms with E-state index in [0.29, 0.717) is 17.9 Å². The number of aryl methyl sites for hydroxylation is 1. The summed E-state index contributed by atoms with van der Waals surface area (Å²) in [4.78, 5) is 26.8. The molecule has 176 valence electrons. The number of nitrogens with one attached hydrogen (secondary N) is 1. The second-order valence-corrected chi connectivity index (χ2v) is 8.76. The SMILES string of the molecule is CCOC(=O)CN(C(=O)Nc1ccc2c(c1)cc(Cc1ccc(C#N)cc1)n2C)C1CCCC1. The largest absolute Gasteiger partial charge is 0.465 e. The van der Waals surface area contributed by atoms with Gasteiger partial charge in [0, 0.05) is 41.8 Å². The molecule has 3 aromatic rings. The normalized spacial score (nSPS) is 13.6. The van der Waals surface area contributed by atoms with Crippen LogP contribution in [0.1, 0.15) is 49.4 Å². The summed E-state index contributed by atoms with van der Waals surface area (Å²) in [7, 11) is 2.03. The van der Waals surface area contributed by atoms with E-state index in [1.165, 1.54) is 0 Å². The van der Waals surface area contributed by atoms with E-state index in [-0.39, 0.29) is 24.6 Å². The zero-order chi connectivity index (χ0) is 24.1. The number of ether oxygens (including phenoxy) is 1. The molecule has 1 aliphatic rings. The predicted molar refractivity (Wildman–Crippen MR) is 131 cm³/mol. The molecule has 1 N–H and O–H groups in total. The van der Waals surface area contributed by atoms with Gasteiger partial charge in [0.05, 0.1) is 18.2 Å². The van der Waals surface area contributed by atoms with Crippen LogP contribution in [0.2, 0.25) is 0 Å². The van der Waals surface area contributed by atoms with Crippen LogP contribution in [0.4, 0.5) is 10.5 Å². The lowest BCUT2D eigenvalue weighted by Crippen LogP contribution is -2.45. The van der Waals surface area contributed by atoms with Crippen LogP contribution in [-0.2, 0) is 23.0 Å². The number of anilines is 1. The Morgan fingerprint density at radius 2 is 1.88 bits per heavy atom. The summed E-state index contributed by atoms with van der Waals surface area (Å²) in [6.45, 7) is 2.03. The van der Waals surface area contributed by atoms with Crippen LogP contribution in [0.25, 0.3) is 10.9 Å². The Morgan fingerprint density at radius 3 is 2.56 bits per heavy atom. The van der Waals surface area contributed by atoms with Crippen molar-refractivity contribution < 1.29 is 14.3 Å². The average molecular weight is 459 g/mol. The van der Waals surface area contributed by atoms with Gasteiger partial charge in [0.1, 0.15) is 6.54 Å². The smallest absolute Gasteiger partial charge is 0.325 e. The third-order valence-electron chi connectivity index (χ3n) is 6.49. The van der Waals surface area contributed by atoms with E-state index in [2.05, 4.69) is 22.0 Å². The van der Waals surface area contributed by atoms with Gasteiger partial charge in [-0.05, 0) is 61.7 Å². The molecule has 2 amide bonds. The summed E-state index contributed by atoms with van der Waals surface area (Å²) in [5.41, 5.74) is 4.68. The van der Waals surface area contributed by atoms with Gasteiger partial charge in [0.15, 0.2) is 0 Å². The number of hydrogen-bond acceptors (Lipinski definition) is 4. The highest BCUT2D eigenvalue weighted by atomic mass is 16.5. The maximum Gasteiger partial charge on any atom is 0.325 e. The molecule has 4 rings (SSSR count).